The maximum Gasteiger partial charge on any atom is 0.148 e. The van der Waals surface area contributed by atoms with Gasteiger partial charge in [-0.15, -0.1) is 29.3 Å². The van der Waals surface area contributed by atoms with Gasteiger partial charge in [0, 0.05) is 78.4 Å². The van der Waals surface area contributed by atoms with E-state index in [-0.39, 0.29) is 76.9 Å². The molecule has 1 N–H and O–H groups in total. The number of benzene rings is 6. The number of imidazole rings is 1. The molecule has 0 saturated heterocycles. The summed E-state index contributed by atoms with van der Waals surface area (Å²) in [5.41, 5.74) is -12.0. The fraction of sp³-hybridized carbons (Fsp3) is 0.311. The van der Waals surface area contributed by atoms with Gasteiger partial charge in [0.2, 0.25) is 0 Å². The van der Waals surface area contributed by atoms with E-state index >= 15 is 0 Å². The van der Waals surface area contributed by atoms with E-state index in [4.69, 9.17) is 39.3 Å². The number of pyridine rings is 1. The van der Waals surface area contributed by atoms with Crippen molar-refractivity contribution in [2.45, 2.75) is 124 Å². The Morgan fingerprint density at radius 1 is 0.621 bits per heavy atom. The Bertz CT molecular complexity index is 3970. The molecule has 0 unspecified atom stereocenters. The first kappa shape index (κ1) is 24.4. The molecule has 0 spiro atoms. The molecule has 66 heavy (non-hydrogen) atoms. The van der Waals surface area contributed by atoms with Crippen LogP contribution in [0.3, 0.4) is 0 Å². The largest absolute Gasteiger partial charge is 0.507 e. The summed E-state index contributed by atoms with van der Waals surface area (Å²) < 4.78 is 239. The summed E-state index contributed by atoms with van der Waals surface area (Å²) in [5, 5.41) is 13.2. The van der Waals surface area contributed by atoms with Crippen molar-refractivity contribution >= 4 is 11.0 Å². The number of hydrogen-bond donors (Lipinski definition) is 1. The summed E-state index contributed by atoms with van der Waals surface area (Å²) in [7, 11) is 0. The van der Waals surface area contributed by atoms with Gasteiger partial charge in [-0.2, -0.15) is 0 Å². The van der Waals surface area contributed by atoms with Crippen LogP contribution < -0.4 is 0 Å². The molecule has 0 aliphatic carbocycles. The molecular formula is C61H66N3OPt-. The van der Waals surface area contributed by atoms with Gasteiger partial charge in [-0.3, -0.25) is 9.55 Å². The van der Waals surface area contributed by atoms with Crippen LogP contribution in [0.2, 0.25) is 0 Å². The molecule has 8 aromatic rings. The maximum atomic E-state index is 13.2. The summed E-state index contributed by atoms with van der Waals surface area (Å²) >= 11 is 0. The van der Waals surface area contributed by atoms with Crippen molar-refractivity contribution in [1.82, 2.24) is 14.5 Å². The Hall–Kier alpha value is -5.57. The zero-order valence-electron chi connectivity index (χ0n) is 64.2. The Morgan fingerprint density at radius 2 is 1.30 bits per heavy atom. The van der Waals surface area contributed by atoms with Crippen LogP contribution in [0.15, 0.2) is 134 Å². The summed E-state index contributed by atoms with van der Waals surface area (Å²) in [5.74, 6) is -5.63. The second-order valence-electron chi connectivity index (χ2n) is 18.3. The Balaban J connectivity index is 0.0000123. The normalized spacial score (nSPS) is 20.2. The maximum absolute atomic E-state index is 13.2. The van der Waals surface area contributed by atoms with Gasteiger partial charge in [0.1, 0.15) is 11.6 Å². The van der Waals surface area contributed by atoms with Crippen LogP contribution in [0, 0.1) is 6.07 Å². The van der Waals surface area contributed by atoms with Gasteiger partial charge in [-0.1, -0.05) is 192 Å². The first-order valence-corrected chi connectivity index (χ1v) is 20.9. The van der Waals surface area contributed by atoms with Gasteiger partial charge < -0.3 is 5.11 Å². The number of fused-ring (bicyclic) bond motifs is 1. The zero-order valence-corrected chi connectivity index (χ0v) is 39.4. The number of rotatable bonds is 7. The first-order chi connectivity index (χ1) is 41.7. The first-order valence-electron chi connectivity index (χ1n) is 34.4. The number of hydrogen-bond acceptors (Lipinski definition) is 3. The van der Waals surface area contributed by atoms with E-state index in [0.717, 1.165) is 5.56 Å². The van der Waals surface area contributed by atoms with E-state index < -0.39 is 123 Å². The predicted octanol–water partition coefficient (Wildman–Crippen LogP) is 16.6. The molecule has 0 radical (unpaired) electrons. The second kappa shape index (κ2) is 17.9. The third-order valence-corrected chi connectivity index (χ3v) is 11.4. The van der Waals surface area contributed by atoms with Crippen LogP contribution in [0.25, 0.3) is 72.7 Å². The van der Waals surface area contributed by atoms with Crippen LogP contribution in [0.4, 0.5) is 0 Å². The van der Waals surface area contributed by atoms with E-state index in [9.17, 15) is 7.85 Å². The molecule has 0 atom stereocenters. The van der Waals surface area contributed by atoms with Gasteiger partial charge in [0.25, 0.3) is 0 Å². The van der Waals surface area contributed by atoms with Crippen molar-refractivity contribution in [3.63, 3.8) is 0 Å². The standard InChI is InChI=1S/C61H66N3O.Pt/c1-38(2)46-23-18-19-24-47(46)40-29-30-62-52(34-40)42-31-41(32-44(33-42)59(6,7)8)48-25-20-26-54-55(48)63-57(50-36-45(60(9,10)11)37-51(56(50)65)61(12,13)14)64(54)53-28-27-43(58(3,4)5)35-49(53)39-21-16-15-17-22-39;/h15-30,32-38,65H,1-14H3;/q-1;/i1D3,2D3,9D3,10D3,11D3,12D3,13D3,14D3,36D,37D,38D;. The van der Waals surface area contributed by atoms with Gasteiger partial charge in [0.15, 0.2) is 0 Å². The summed E-state index contributed by atoms with van der Waals surface area (Å²) in [6.45, 7) is -21.5. The molecule has 2 aromatic heterocycles. The minimum absolute atomic E-state index is 0. The minimum Gasteiger partial charge on any atom is -0.507 e. The number of phenolic OH excluding ortho intramolecular Hbond substituents is 1. The average molecular weight is 1080 g/mol. The number of aromatic hydroxyl groups is 1. The van der Waals surface area contributed by atoms with Gasteiger partial charge >= 0.3 is 0 Å². The number of aromatic nitrogens is 3. The molecule has 2 heterocycles. The van der Waals surface area contributed by atoms with Crippen LogP contribution in [0.1, 0.15) is 167 Å². The quantitative estimate of drug-likeness (QED) is 0.162. The molecule has 6 aromatic carbocycles. The number of para-hydroxylation sites is 1. The molecule has 0 bridgehead atoms. The Kier molecular flexibility index (Phi) is 6.64. The van der Waals surface area contributed by atoms with Crippen LogP contribution in [0.5, 0.6) is 5.75 Å². The molecule has 8 rings (SSSR count). The van der Waals surface area contributed by atoms with Crippen molar-refractivity contribution in [2.75, 3.05) is 0 Å². The van der Waals surface area contributed by atoms with Crippen molar-refractivity contribution < 1.29 is 63.2 Å². The van der Waals surface area contributed by atoms with E-state index in [1.165, 1.54) is 41.1 Å². The van der Waals surface area contributed by atoms with Crippen molar-refractivity contribution in [3.05, 3.63) is 167 Å². The Morgan fingerprint density at radius 3 is 2.00 bits per heavy atom. The number of phenols is 1. The second-order valence-corrected chi connectivity index (χ2v) is 18.3. The fourth-order valence-corrected chi connectivity index (χ4v) is 7.90. The van der Waals surface area contributed by atoms with Gasteiger partial charge in [-0.25, -0.2) is 4.98 Å². The van der Waals surface area contributed by atoms with Crippen molar-refractivity contribution in [3.8, 4) is 67.5 Å². The molecule has 0 amide bonds. The topological polar surface area (TPSA) is 50.9 Å². The van der Waals surface area contributed by atoms with Gasteiger partial charge in [0.05, 0.1) is 25.0 Å². The molecule has 0 aliphatic rings. The third-order valence-electron chi connectivity index (χ3n) is 11.4. The SMILES string of the molecule is [2H]c1c(-c2nc3c(-c4[c-]c(-c5cc(-c6ccccc6C([2H])(C([2H])([2H])[2H])C([2H])([2H])[2H])ccn5)cc(C(C)(C)C)c4)cccc3n2-c2ccc(C(C)(C)C)cc2-c2ccccc2)c(O)c(C(C([2H])([2H])[2H])(C([2H])([2H])[2H])C([2H])([2H])[2H])c([2H])c1C(C([2H])([2H])[2H])(C([2H])([2H])[2H])C([2H])([2H])[2H].[Pt]. The molecule has 0 aliphatic heterocycles. The zero-order chi connectivity index (χ0) is 69.5. The van der Waals surface area contributed by atoms with Crippen molar-refractivity contribution in [2.24, 2.45) is 0 Å². The number of nitrogens with zero attached hydrogens (tertiary/aromatic N) is 3. The summed E-state index contributed by atoms with van der Waals surface area (Å²) in [6.07, 6.45) is 1.40. The Labute approximate surface area is 446 Å². The smallest absolute Gasteiger partial charge is 0.148 e. The van der Waals surface area contributed by atoms with Crippen LogP contribution >= 0.6 is 0 Å². The molecular weight excluding hydrogens is 986 g/mol. The average Bonchev–Trinajstić information content (AvgIpc) is 1.15. The van der Waals surface area contributed by atoms with Crippen LogP contribution in [-0.4, -0.2) is 19.6 Å². The van der Waals surface area contributed by atoms with E-state index in [1.54, 1.807) is 78.9 Å². The van der Waals surface area contributed by atoms with E-state index in [1.807, 2.05) is 47.6 Å². The predicted molar refractivity (Wildman–Crippen MR) is 275 cm³/mol. The monoisotopic (exact) mass is 1080 g/mol. The van der Waals surface area contributed by atoms with E-state index in [2.05, 4.69) is 11.1 Å². The van der Waals surface area contributed by atoms with Gasteiger partial charge in [-0.05, 0) is 91.2 Å². The molecule has 0 fully saturated rings. The minimum atomic E-state index is -4.50. The molecule has 342 valence electrons. The molecule has 4 nitrogen and oxygen atoms in total. The fourth-order valence-electron chi connectivity index (χ4n) is 7.90. The summed E-state index contributed by atoms with van der Waals surface area (Å²) in [6, 6.07) is 30.6. The molecule has 5 heteroatoms. The molecule has 0 saturated carbocycles. The van der Waals surface area contributed by atoms with E-state index in [0.29, 0.717) is 16.7 Å². The van der Waals surface area contributed by atoms with Crippen LogP contribution in [-0.2, 0) is 42.7 Å². The third kappa shape index (κ3) is 9.50. The van der Waals surface area contributed by atoms with Crippen molar-refractivity contribution in [1.29, 1.82) is 0 Å². The summed E-state index contributed by atoms with van der Waals surface area (Å²) in [4.78, 5) is 9.73.